The van der Waals surface area contributed by atoms with Gasteiger partial charge in [0.15, 0.2) is 0 Å². The fraction of sp³-hybridized carbons (Fsp3) is 0.692. The second-order valence-corrected chi connectivity index (χ2v) is 5.31. The van der Waals surface area contributed by atoms with Crippen molar-refractivity contribution in [2.75, 3.05) is 30.9 Å². The number of anilines is 2. The lowest BCUT2D eigenvalue weighted by molar-refractivity contribution is 0.330. The Morgan fingerprint density at radius 1 is 1.33 bits per heavy atom. The average molecular weight is 249 g/mol. The first-order valence-corrected chi connectivity index (χ1v) is 6.64. The van der Waals surface area contributed by atoms with Crippen molar-refractivity contribution >= 4 is 11.8 Å². The standard InChI is InChI=1S/C13H23N5/c1-18(2)12-15-9-6-11(16-12)17-13(10-14)7-4-3-5-8-13/h6,9H,3-5,7-8,10,14H2,1-2H3,(H,15,16,17). The van der Waals surface area contributed by atoms with E-state index >= 15 is 0 Å². The zero-order chi connectivity index (χ0) is 13.0. The number of aromatic nitrogens is 2. The summed E-state index contributed by atoms with van der Waals surface area (Å²) in [6, 6.07) is 1.92. The number of hydrogen-bond donors (Lipinski definition) is 2. The van der Waals surface area contributed by atoms with Crippen LogP contribution >= 0.6 is 0 Å². The summed E-state index contributed by atoms with van der Waals surface area (Å²) in [7, 11) is 3.89. The molecule has 1 heterocycles. The van der Waals surface area contributed by atoms with Crippen LogP contribution in [-0.2, 0) is 0 Å². The van der Waals surface area contributed by atoms with E-state index in [0.29, 0.717) is 6.54 Å². The molecule has 0 radical (unpaired) electrons. The van der Waals surface area contributed by atoms with Crippen molar-refractivity contribution in [3.05, 3.63) is 12.3 Å². The van der Waals surface area contributed by atoms with E-state index < -0.39 is 0 Å². The van der Waals surface area contributed by atoms with E-state index in [1.807, 2.05) is 25.1 Å². The molecule has 1 aromatic heterocycles. The molecule has 0 bridgehead atoms. The molecule has 2 rings (SSSR count). The third-order valence-corrected chi connectivity index (χ3v) is 3.64. The summed E-state index contributed by atoms with van der Waals surface area (Å²) in [5.41, 5.74) is 5.99. The van der Waals surface area contributed by atoms with Gasteiger partial charge in [-0.15, -0.1) is 0 Å². The van der Waals surface area contributed by atoms with E-state index in [1.54, 1.807) is 6.20 Å². The summed E-state index contributed by atoms with van der Waals surface area (Å²) in [5, 5.41) is 3.54. The molecule has 1 aliphatic rings. The highest BCUT2D eigenvalue weighted by atomic mass is 15.2. The molecule has 0 unspecified atom stereocenters. The third-order valence-electron chi connectivity index (χ3n) is 3.64. The molecule has 5 nitrogen and oxygen atoms in total. The van der Waals surface area contributed by atoms with Crippen LogP contribution in [0.15, 0.2) is 12.3 Å². The van der Waals surface area contributed by atoms with Gasteiger partial charge in [-0.3, -0.25) is 0 Å². The van der Waals surface area contributed by atoms with E-state index in [-0.39, 0.29) is 5.54 Å². The molecule has 0 aromatic carbocycles. The number of nitrogens with one attached hydrogen (secondary N) is 1. The zero-order valence-electron chi connectivity index (χ0n) is 11.3. The van der Waals surface area contributed by atoms with Crippen LogP contribution in [0.5, 0.6) is 0 Å². The molecule has 3 N–H and O–H groups in total. The largest absolute Gasteiger partial charge is 0.363 e. The molecule has 0 spiro atoms. The lowest BCUT2D eigenvalue weighted by Gasteiger charge is -2.37. The van der Waals surface area contributed by atoms with Crippen molar-refractivity contribution in [1.82, 2.24) is 9.97 Å². The van der Waals surface area contributed by atoms with E-state index in [9.17, 15) is 0 Å². The van der Waals surface area contributed by atoms with Gasteiger partial charge < -0.3 is 16.0 Å². The molecular weight excluding hydrogens is 226 g/mol. The molecule has 0 atom stereocenters. The SMILES string of the molecule is CN(C)c1nccc(NC2(CN)CCCCC2)n1. The number of nitrogens with zero attached hydrogens (tertiary/aromatic N) is 3. The monoisotopic (exact) mass is 249 g/mol. The van der Waals surface area contributed by atoms with Crippen molar-refractivity contribution in [3.63, 3.8) is 0 Å². The Morgan fingerprint density at radius 2 is 2.06 bits per heavy atom. The van der Waals surface area contributed by atoms with Gasteiger partial charge >= 0.3 is 0 Å². The number of rotatable bonds is 4. The summed E-state index contributed by atoms with van der Waals surface area (Å²) in [5.74, 6) is 1.60. The van der Waals surface area contributed by atoms with E-state index in [1.165, 1.54) is 19.3 Å². The lowest BCUT2D eigenvalue weighted by Crippen LogP contribution is -2.47. The summed E-state index contributed by atoms with van der Waals surface area (Å²) in [6.45, 7) is 0.661. The van der Waals surface area contributed by atoms with Gasteiger partial charge in [-0.05, 0) is 18.9 Å². The van der Waals surface area contributed by atoms with Crippen molar-refractivity contribution in [1.29, 1.82) is 0 Å². The molecule has 1 aromatic rings. The minimum Gasteiger partial charge on any atom is -0.363 e. The van der Waals surface area contributed by atoms with Gasteiger partial charge in [-0.2, -0.15) is 4.98 Å². The minimum atomic E-state index is 0.0240. The number of nitrogens with two attached hydrogens (primary N) is 1. The Morgan fingerprint density at radius 3 is 2.67 bits per heavy atom. The van der Waals surface area contributed by atoms with Gasteiger partial charge in [-0.25, -0.2) is 4.98 Å². The maximum absolute atomic E-state index is 5.97. The summed E-state index contributed by atoms with van der Waals surface area (Å²) in [4.78, 5) is 10.6. The second-order valence-electron chi connectivity index (χ2n) is 5.31. The molecule has 0 saturated heterocycles. The molecule has 0 amide bonds. The molecule has 5 heteroatoms. The van der Waals surface area contributed by atoms with Crippen molar-refractivity contribution in [3.8, 4) is 0 Å². The Labute approximate surface area is 109 Å². The van der Waals surface area contributed by atoms with Gasteiger partial charge in [0.2, 0.25) is 5.95 Å². The second kappa shape index (κ2) is 5.52. The van der Waals surface area contributed by atoms with Crippen LogP contribution in [0, 0.1) is 0 Å². The fourth-order valence-electron chi connectivity index (χ4n) is 2.51. The normalized spacial score (nSPS) is 18.4. The van der Waals surface area contributed by atoms with Crippen LogP contribution in [0.1, 0.15) is 32.1 Å². The molecular formula is C13H23N5. The van der Waals surface area contributed by atoms with Crippen molar-refractivity contribution in [2.45, 2.75) is 37.6 Å². The smallest absolute Gasteiger partial charge is 0.226 e. The maximum atomic E-state index is 5.97. The molecule has 1 fully saturated rings. The van der Waals surface area contributed by atoms with Crippen LogP contribution < -0.4 is 16.0 Å². The van der Waals surface area contributed by atoms with Crippen LogP contribution in [0.4, 0.5) is 11.8 Å². The fourth-order valence-corrected chi connectivity index (χ4v) is 2.51. The first kappa shape index (κ1) is 13.1. The summed E-state index contributed by atoms with van der Waals surface area (Å²) in [6.07, 6.45) is 7.86. The topological polar surface area (TPSA) is 67.1 Å². The highest BCUT2D eigenvalue weighted by Gasteiger charge is 2.30. The quantitative estimate of drug-likeness (QED) is 0.848. The molecule has 1 saturated carbocycles. The van der Waals surface area contributed by atoms with Gasteiger partial charge in [0.05, 0.1) is 5.54 Å². The molecule has 100 valence electrons. The summed E-state index contributed by atoms with van der Waals surface area (Å²) < 4.78 is 0. The zero-order valence-corrected chi connectivity index (χ0v) is 11.3. The summed E-state index contributed by atoms with van der Waals surface area (Å²) >= 11 is 0. The van der Waals surface area contributed by atoms with Gasteiger partial charge in [0.25, 0.3) is 0 Å². The number of hydrogen-bond acceptors (Lipinski definition) is 5. The van der Waals surface area contributed by atoms with Crippen LogP contribution in [0.3, 0.4) is 0 Å². The lowest BCUT2D eigenvalue weighted by atomic mass is 9.82. The third kappa shape index (κ3) is 2.90. The predicted molar refractivity (Wildman–Crippen MR) is 74.9 cm³/mol. The minimum absolute atomic E-state index is 0.0240. The van der Waals surface area contributed by atoms with Crippen LogP contribution in [0.2, 0.25) is 0 Å². The Bertz CT molecular complexity index is 385. The van der Waals surface area contributed by atoms with E-state index in [4.69, 9.17) is 5.73 Å². The average Bonchev–Trinajstić information content (AvgIpc) is 2.40. The van der Waals surface area contributed by atoms with Gasteiger partial charge in [0.1, 0.15) is 5.82 Å². The van der Waals surface area contributed by atoms with Gasteiger partial charge in [0, 0.05) is 26.8 Å². The van der Waals surface area contributed by atoms with Crippen molar-refractivity contribution in [2.24, 2.45) is 5.73 Å². The Hall–Kier alpha value is -1.36. The highest BCUT2D eigenvalue weighted by Crippen LogP contribution is 2.30. The van der Waals surface area contributed by atoms with Crippen molar-refractivity contribution < 1.29 is 0 Å². The van der Waals surface area contributed by atoms with E-state index in [2.05, 4.69) is 15.3 Å². The van der Waals surface area contributed by atoms with Crippen LogP contribution in [0.25, 0.3) is 0 Å². The molecule has 0 aliphatic heterocycles. The maximum Gasteiger partial charge on any atom is 0.226 e. The molecule has 18 heavy (non-hydrogen) atoms. The van der Waals surface area contributed by atoms with Crippen LogP contribution in [-0.4, -0.2) is 36.1 Å². The molecule has 1 aliphatic carbocycles. The van der Waals surface area contributed by atoms with Gasteiger partial charge in [-0.1, -0.05) is 19.3 Å². The Balaban J connectivity index is 2.13. The predicted octanol–water partition coefficient (Wildman–Crippen LogP) is 1.62. The first-order valence-electron chi connectivity index (χ1n) is 6.64. The van der Waals surface area contributed by atoms with E-state index in [0.717, 1.165) is 24.6 Å². The first-order chi connectivity index (χ1) is 8.65. The Kier molecular flexibility index (Phi) is 4.01. The highest BCUT2D eigenvalue weighted by molar-refractivity contribution is 5.42.